The molecule has 1 aliphatic rings. The predicted molar refractivity (Wildman–Crippen MR) is 106 cm³/mol. The molecule has 2 heterocycles. The first-order valence-corrected chi connectivity index (χ1v) is 10.8. The maximum atomic E-state index is 12.9. The van der Waals surface area contributed by atoms with Crippen LogP contribution in [0.15, 0.2) is 48.7 Å². The molecule has 1 aromatic heterocycles. The SMILES string of the molecule is CC(C)c1ccc([C@H]2[C@H](S(=O)(=O)NCCc3ccccn3)CON2C)cc1. The summed E-state index contributed by atoms with van der Waals surface area (Å²) in [5, 5.41) is 0.990. The summed E-state index contributed by atoms with van der Waals surface area (Å²) in [4.78, 5) is 9.79. The number of hydrogen-bond donors (Lipinski definition) is 1. The number of hydroxylamine groups is 2. The van der Waals surface area contributed by atoms with Gasteiger partial charge < -0.3 is 0 Å². The standard InChI is InChI=1S/C20H27N3O3S/c1-15(2)16-7-9-17(10-8-16)20-19(14-26-23(20)3)27(24,25)22-13-11-18-6-4-5-12-21-18/h4-10,12,15,19-20,22H,11,13-14H2,1-3H3/t19-,20+/m1/s1. The largest absolute Gasteiger partial charge is 0.297 e. The topological polar surface area (TPSA) is 71.5 Å². The summed E-state index contributed by atoms with van der Waals surface area (Å²) in [6, 6.07) is 13.4. The highest BCUT2D eigenvalue weighted by molar-refractivity contribution is 7.90. The van der Waals surface area contributed by atoms with Gasteiger partial charge in [-0.05, 0) is 29.2 Å². The van der Waals surface area contributed by atoms with E-state index < -0.39 is 15.3 Å². The van der Waals surface area contributed by atoms with E-state index in [4.69, 9.17) is 4.84 Å². The Kier molecular flexibility index (Phi) is 6.26. The summed E-state index contributed by atoms with van der Waals surface area (Å²) < 4.78 is 28.5. The third kappa shape index (κ3) is 4.73. The molecule has 0 aliphatic carbocycles. The predicted octanol–water partition coefficient (Wildman–Crippen LogP) is 2.65. The molecule has 1 fully saturated rings. The molecule has 1 saturated heterocycles. The molecule has 146 valence electrons. The lowest BCUT2D eigenvalue weighted by Gasteiger charge is -2.23. The number of hydrogen-bond acceptors (Lipinski definition) is 5. The Morgan fingerprint density at radius 3 is 2.59 bits per heavy atom. The minimum Gasteiger partial charge on any atom is -0.297 e. The average molecular weight is 390 g/mol. The lowest BCUT2D eigenvalue weighted by molar-refractivity contribution is -0.110. The van der Waals surface area contributed by atoms with Gasteiger partial charge in [-0.1, -0.05) is 44.2 Å². The molecule has 2 atom stereocenters. The molecular weight excluding hydrogens is 362 g/mol. The number of rotatable bonds is 7. The molecule has 27 heavy (non-hydrogen) atoms. The van der Waals surface area contributed by atoms with Crippen LogP contribution < -0.4 is 4.72 Å². The van der Waals surface area contributed by atoms with Crippen LogP contribution in [0.3, 0.4) is 0 Å². The van der Waals surface area contributed by atoms with Crippen LogP contribution in [0.25, 0.3) is 0 Å². The second-order valence-electron chi connectivity index (χ2n) is 7.16. The van der Waals surface area contributed by atoms with Crippen molar-refractivity contribution < 1.29 is 13.3 Å². The summed E-state index contributed by atoms with van der Waals surface area (Å²) in [5.41, 5.74) is 3.04. The number of benzene rings is 1. The Labute approximate surface area is 161 Å². The Morgan fingerprint density at radius 2 is 1.96 bits per heavy atom. The summed E-state index contributed by atoms with van der Waals surface area (Å²) in [5.74, 6) is 0.435. The third-order valence-corrected chi connectivity index (χ3v) is 6.74. The summed E-state index contributed by atoms with van der Waals surface area (Å²) in [6.45, 7) is 4.74. The molecule has 2 aromatic rings. The van der Waals surface area contributed by atoms with Gasteiger partial charge in [0.25, 0.3) is 0 Å². The number of nitrogens with one attached hydrogen (secondary N) is 1. The lowest BCUT2D eigenvalue weighted by atomic mass is 9.98. The zero-order valence-electron chi connectivity index (χ0n) is 16.0. The number of aromatic nitrogens is 1. The van der Waals surface area contributed by atoms with Gasteiger partial charge in [0.05, 0.1) is 12.6 Å². The van der Waals surface area contributed by atoms with Crippen LogP contribution in [-0.4, -0.2) is 43.9 Å². The van der Waals surface area contributed by atoms with Crippen molar-refractivity contribution in [2.24, 2.45) is 0 Å². The fourth-order valence-corrected chi connectivity index (χ4v) is 4.84. The maximum absolute atomic E-state index is 12.9. The normalized spacial score (nSPS) is 21.0. The highest BCUT2D eigenvalue weighted by Gasteiger charge is 2.42. The number of pyridine rings is 1. The van der Waals surface area contributed by atoms with Crippen molar-refractivity contribution in [1.29, 1.82) is 0 Å². The average Bonchev–Trinajstić information content (AvgIpc) is 3.05. The van der Waals surface area contributed by atoms with Crippen molar-refractivity contribution in [1.82, 2.24) is 14.8 Å². The Bertz CT molecular complexity index is 839. The Balaban J connectivity index is 1.71. The van der Waals surface area contributed by atoms with Crippen LogP contribution in [0.1, 0.15) is 42.6 Å². The molecule has 6 nitrogen and oxygen atoms in total. The van der Waals surface area contributed by atoms with Crippen LogP contribution in [0, 0.1) is 0 Å². The second kappa shape index (κ2) is 8.48. The van der Waals surface area contributed by atoms with Crippen LogP contribution in [0.4, 0.5) is 0 Å². The van der Waals surface area contributed by atoms with Crippen molar-refractivity contribution in [3.8, 4) is 0 Å². The van der Waals surface area contributed by atoms with Crippen molar-refractivity contribution in [2.45, 2.75) is 37.5 Å². The van der Waals surface area contributed by atoms with E-state index in [1.807, 2.05) is 30.3 Å². The first-order chi connectivity index (χ1) is 12.9. The second-order valence-corrected chi connectivity index (χ2v) is 9.14. The smallest absolute Gasteiger partial charge is 0.218 e. The van der Waals surface area contributed by atoms with E-state index in [2.05, 4.69) is 35.7 Å². The van der Waals surface area contributed by atoms with Crippen LogP contribution in [-0.2, 0) is 21.3 Å². The van der Waals surface area contributed by atoms with Crippen molar-refractivity contribution in [3.05, 3.63) is 65.5 Å². The number of nitrogens with zero attached hydrogens (tertiary/aromatic N) is 2. The van der Waals surface area contributed by atoms with Gasteiger partial charge in [-0.25, -0.2) is 13.1 Å². The fourth-order valence-electron chi connectivity index (χ4n) is 3.33. The van der Waals surface area contributed by atoms with E-state index in [1.54, 1.807) is 18.3 Å². The molecule has 0 amide bonds. The van der Waals surface area contributed by atoms with Gasteiger partial charge in [0, 0.05) is 31.9 Å². The lowest BCUT2D eigenvalue weighted by Crippen LogP contribution is -2.40. The first kappa shape index (κ1) is 19.9. The van der Waals surface area contributed by atoms with Crippen LogP contribution >= 0.6 is 0 Å². The molecule has 1 N–H and O–H groups in total. The van der Waals surface area contributed by atoms with Gasteiger partial charge in [0.2, 0.25) is 10.0 Å². The van der Waals surface area contributed by atoms with Crippen LogP contribution in [0.2, 0.25) is 0 Å². The molecule has 0 unspecified atom stereocenters. The van der Waals surface area contributed by atoms with E-state index in [-0.39, 0.29) is 12.6 Å². The highest BCUT2D eigenvalue weighted by atomic mass is 32.2. The van der Waals surface area contributed by atoms with Crippen molar-refractivity contribution in [3.63, 3.8) is 0 Å². The van der Waals surface area contributed by atoms with E-state index in [0.29, 0.717) is 18.9 Å². The zero-order valence-corrected chi connectivity index (χ0v) is 16.8. The summed E-state index contributed by atoms with van der Waals surface area (Å²) in [6.07, 6.45) is 2.26. The maximum Gasteiger partial charge on any atom is 0.218 e. The fraction of sp³-hybridized carbons (Fsp3) is 0.450. The zero-order chi connectivity index (χ0) is 19.4. The summed E-state index contributed by atoms with van der Waals surface area (Å²) >= 11 is 0. The minimum absolute atomic E-state index is 0.145. The minimum atomic E-state index is -3.53. The van der Waals surface area contributed by atoms with E-state index >= 15 is 0 Å². The van der Waals surface area contributed by atoms with Gasteiger partial charge in [-0.15, -0.1) is 0 Å². The van der Waals surface area contributed by atoms with Gasteiger partial charge in [-0.3, -0.25) is 9.82 Å². The molecule has 0 bridgehead atoms. The van der Waals surface area contributed by atoms with Gasteiger partial charge in [0.15, 0.2) is 0 Å². The molecule has 0 spiro atoms. The van der Waals surface area contributed by atoms with Crippen molar-refractivity contribution >= 4 is 10.0 Å². The van der Waals surface area contributed by atoms with Crippen molar-refractivity contribution in [2.75, 3.05) is 20.2 Å². The molecule has 1 aromatic carbocycles. The first-order valence-electron chi connectivity index (χ1n) is 9.22. The Hall–Kier alpha value is -1.80. The monoisotopic (exact) mass is 389 g/mol. The molecular formula is C20H27N3O3S. The van der Waals surface area contributed by atoms with E-state index in [9.17, 15) is 8.42 Å². The van der Waals surface area contributed by atoms with Gasteiger partial charge in [-0.2, -0.15) is 5.06 Å². The van der Waals surface area contributed by atoms with Gasteiger partial charge >= 0.3 is 0 Å². The molecule has 7 heteroatoms. The van der Waals surface area contributed by atoms with Gasteiger partial charge in [0.1, 0.15) is 5.25 Å². The third-order valence-electron chi connectivity index (χ3n) is 4.94. The quantitative estimate of drug-likeness (QED) is 0.788. The van der Waals surface area contributed by atoms with E-state index in [0.717, 1.165) is 11.3 Å². The summed E-state index contributed by atoms with van der Waals surface area (Å²) in [7, 11) is -1.75. The highest BCUT2D eigenvalue weighted by Crippen LogP contribution is 2.33. The Morgan fingerprint density at radius 1 is 1.22 bits per heavy atom. The number of sulfonamides is 1. The molecule has 0 radical (unpaired) electrons. The van der Waals surface area contributed by atoms with Crippen LogP contribution in [0.5, 0.6) is 0 Å². The molecule has 1 aliphatic heterocycles. The molecule has 0 saturated carbocycles. The van der Waals surface area contributed by atoms with E-state index in [1.165, 1.54) is 5.56 Å². The molecule has 3 rings (SSSR count).